The van der Waals surface area contributed by atoms with Crippen molar-refractivity contribution < 1.29 is 9.59 Å². The smallest absolute Gasteiger partial charge is 0.258 e. The van der Waals surface area contributed by atoms with E-state index in [1.807, 2.05) is 0 Å². The molecule has 21 heavy (non-hydrogen) atoms. The molecule has 2 heterocycles. The standard InChI is InChI=1S/C13H8Cl3N3O2/c1-6-2-7(3-9(14)17-6)12(20)19-13(21)8-4-10(15)18-11(16)5-8/h2-5H,1H3,(H,19,20,21). The molecule has 0 bridgehead atoms. The highest BCUT2D eigenvalue weighted by atomic mass is 35.5. The zero-order chi connectivity index (χ0) is 15.6. The van der Waals surface area contributed by atoms with Gasteiger partial charge in [0.2, 0.25) is 0 Å². The summed E-state index contributed by atoms with van der Waals surface area (Å²) < 4.78 is 0. The molecule has 0 unspecified atom stereocenters. The summed E-state index contributed by atoms with van der Waals surface area (Å²) in [6, 6.07) is 5.49. The summed E-state index contributed by atoms with van der Waals surface area (Å²) in [7, 11) is 0. The van der Waals surface area contributed by atoms with Crippen LogP contribution in [0.1, 0.15) is 26.4 Å². The molecule has 108 valence electrons. The van der Waals surface area contributed by atoms with Crippen LogP contribution in [0.5, 0.6) is 0 Å². The first-order valence-corrected chi connectivity index (χ1v) is 6.81. The third kappa shape index (κ3) is 4.14. The van der Waals surface area contributed by atoms with Crippen molar-refractivity contribution in [1.29, 1.82) is 0 Å². The molecule has 0 saturated heterocycles. The largest absolute Gasteiger partial charge is 0.288 e. The van der Waals surface area contributed by atoms with E-state index >= 15 is 0 Å². The Morgan fingerprint density at radius 1 is 0.857 bits per heavy atom. The molecular weight excluding hydrogens is 337 g/mol. The molecule has 0 aliphatic heterocycles. The van der Waals surface area contributed by atoms with Gasteiger partial charge in [-0.1, -0.05) is 34.8 Å². The second-order valence-electron chi connectivity index (χ2n) is 4.10. The zero-order valence-electron chi connectivity index (χ0n) is 10.7. The SMILES string of the molecule is Cc1cc(C(=O)NC(=O)c2cc(Cl)nc(Cl)c2)cc(Cl)n1. The van der Waals surface area contributed by atoms with Crippen molar-refractivity contribution in [2.75, 3.05) is 0 Å². The Labute approximate surface area is 135 Å². The van der Waals surface area contributed by atoms with Crippen LogP contribution in [0.25, 0.3) is 0 Å². The van der Waals surface area contributed by atoms with Gasteiger partial charge in [0, 0.05) is 16.8 Å². The molecule has 2 aromatic heterocycles. The lowest BCUT2D eigenvalue weighted by Gasteiger charge is -2.06. The predicted molar refractivity (Wildman–Crippen MR) is 80.0 cm³/mol. The Balaban J connectivity index is 2.20. The molecule has 0 aliphatic carbocycles. The summed E-state index contributed by atoms with van der Waals surface area (Å²) in [4.78, 5) is 31.6. The average molecular weight is 345 g/mol. The summed E-state index contributed by atoms with van der Waals surface area (Å²) in [5.41, 5.74) is 0.924. The number of aryl methyl sites for hydroxylation is 1. The number of aromatic nitrogens is 2. The van der Waals surface area contributed by atoms with E-state index in [-0.39, 0.29) is 26.6 Å². The summed E-state index contributed by atoms with van der Waals surface area (Å²) in [6.07, 6.45) is 0. The van der Waals surface area contributed by atoms with E-state index in [9.17, 15) is 9.59 Å². The average Bonchev–Trinajstić information content (AvgIpc) is 2.36. The Morgan fingerprint density at radius 2 is 1.29 bits per heavy atom. The second-order valence-corrected chi connectivity index (χ2v) is 5.27. The first-order chi connectivity index (χ1) is 9.85. The minimum absolute atomic E-state index is 0.0582. The number of rotatable bonds is 2. The van der Waals surface area contributed by atoms with Crippen molar-refractivity contribution >= 4 is 46.6 Å². The van der Waals surface area contributed by atoms with Crippen LogP contribution in [-0.2, 0) is 0 Å². The third-order valence-corrected chi connectivity index (χ3v) is 3.02. The van der Waals surface area contributed by atoms with Gasteiger partial charge in [0.25, 0.3) is 11.8 Å². The number of halogens is 3. The third-order valence-electron chi connectivity index (χ3n) is 2.44. The van der Waals surface area contributed by atoms with Crippen molar-refractivity contribution in [3.8, 4) is 0 Å². The zero-order valence-corrected chi connectivity index (χ0v) is 12.9. The highest BCUT2D eigenvalue weighted by molar-refractivity contribution is 6.33. The van der Waals surface area contributed by atoms with Crippen molar-refractivity contribution in [1.82, 2.24) is 15.3 Å². The Bertz CT molecular complexity index is 633. The van der Waals surface area contributed by atoms with Gasteiger partial charge in [-0.05, 0) is 31.2 Å². The van der Waals surface area contributed by atoms with Gasteiger partial charge < -0.3 is 0 Å². The first-order valence-electron chi connectivity index (χ1n) is 5.68. The van der Waals surface area contributed by atoms with Crippen LogP contribution in [-0.4, -0.2) is 21.8 Å². The lowest BCUT2D eigenvalue weighted by Crippen LogP contribution is -2.30. The van der Waals surface area contributed by atoms with Gasteiger partial charge in [0.05, 0.1) is 0 Å². The van der Waals surface area contributed by atoms with Crippen molar-refractivity contribution in [3.63, 3.8) is 0 Å². The second kappa shape index (κ2) is 6.39. The number of nitrogens with one attached hydrogen (secondary N) is 1. The quantitative estimate of drug-likeness (QED) is 0.670. The molecule has 0 spiro atoms. The van der Waals surface area contributed by atoms with Gasteiger partial charge in [-0.25, -0.2) is 9.97 Å². The van der Waals surface area contributed by atoms with Crippen molar-refractivity contribution in [2.24, 2.45) is 0 Å². The van der Waals surface area contributed by atoms with E-state index < -0.39 is 11.8 Å². The normalized spacial score (nSPS) is 10.3. The molecule has 2 amide bonds. The summed E-state index contributed by atoms with van der Waals surface area (Å²) in [5, 5.41) is 2.50. The Kier molecular flexibility index (Phi) is 4.77. The number of nitrogens with zero attached hydrogens (tertiary/aromatic N) is 2. The van der Waals surface area contributed by atoms with E-state index in [2.05, 4.69) is 15.3 Å². The van der Waals surface area contributed by atoms with Gasteiger partial charge in [-0.15, -0.1) is 0 Å². The van der Waals surface area contributed by atoms with Crippen LogP contribution >= 0.6 is 34.8 Å². The van der Waals surface area contributed by atoms with Gasteiger partial charge in [-0.3, -0.25) is 14.9 Å². The molecule has 2 aromatic rings. The van der Waals surface area contributed by atoms with Gasteiger partial charge in [0.1, 0.15) is 15.5 Å². The number of pyridine rings is 2. The summed E-state index contributed by atoms with van der Waals surface area (Å²) >= 11 is 17.2. The summed E-state index contributed by atoms with van der Waals surface area (Å²) in [6.45, 7) is 1.69. The van der Waals surface area contributed by atoms with Gasteiger partial charge in [-0.2, -0.15) is 0 Å². The monoisotopic (exact) mass is 343 g/mol. The molecular formula is C13H8Cl3N3O2. The molecule has 0 atom stereocenters. The molecule has 0 aromatic carbocycles. The van der Waals surface area contributed by atoms with Crippen LogP contribution < -0.4 is 5.32 Å². The van der Waals surface area contributed by atoms with Crippen LogP contribution in [0, 0.1) is 6.92 Å². The molecule has 2 rings (SSSR count). The van der Waals surface area contributed by atoms with Crippen LogP contribution in [0.3, 0.4) is 0 Å². The predicted octanol–water partition coefficient (Wildman–Crippen LogP) is 3.32. The molecule has 0 saturated carbocycles. The van der Waals surface area contributed by atoms with Crippen LogP contribution in [0.4, 0.5) is 0 Å². The van der Waals surface area contributed by atoms with Crippen molar-refractivity contribution in [3.05, 3.63) is 56.5 Å². The lowest BCUT2D eigenvalue weighted by molar-refractivity contribution is 0.0849. The first kappa shape index (κ1) is 15.7. The Morgan fingerprint density at radius 3 is 1.76 bits per heavy atom. The number of hydrogen-bond donors (Lipinski definition) is 1. The number of carbonyl (C=O) groups excluding carboxylic acids is 2. The number of imide groups is 1. The molecule has 0 aliphatic rings. The number of amides is 2. The van der Waals surface area contributed by atoms with E-state index in [1.165, 1.54) is 24.3 Å². The fourth-order valence-electron chi connectivity index (χ4n) is 1.60. The molecule has 0 fully saturated rings. The van der Waals surface area contributed by atoms with E-state index in [4.69, 9.17) is 34.8 Å². The maximum Gasteiger partial charge on any atom is 0.258 e. The fraction of sp³-hybridized carbons (Fsp3) is 0.0769. The molecule has 5 nitrogen and oxygen atoms in total. The minimum atomic E-state index is -0.642. The lowest BCUT2D eigenvalue weighted by atomic mass is 10.2. The van der Waals surface area contributed by atoms with Crippen molar-refractivity contribution in [2.45, 2.75) is 6.92 Å². The molecule has 0 radical (unpaired) electrons. The highest BCUT2D eigenvalue weighted by Crippen LogP contribution is 2.15. The maximum atomic E-state index is 12.0. The fourth-order valence-corrected chi connectivity index (χ4v) is 2.31. The van der Waals surface area contributed by atoms with E-state index in [1.54, 1.807) is 6.92 Å². The Hall–Kier alpha value is -1.69. The number of hydrogen-bond acceptors (Lipinski definition) is 4. The van der Waals surface area contributed by atoms with Gasteiger partial charge >= 0.3 is 0 Å². The maximum absolute atomic E-state index is 12.0. The topological polar surface area (TPSA) is 72.0 Å². The molecule has 8 heteroatoms. The number of carbonyl (C=O) groups is 2. The molecule has 1 N–H and O–H groups in total. The highest BCUT2D eigenvalue weighted by Gasteiger charge is 2.15. The van der Waals surface area contributed by atoms with Crippen LogP contribution in [0.2, 0.25) is 15.5 Å². The van der Waals surface area contributed by atoms with Gasteiger partial charge in [0.15, 0.2) is 0 Å². The van der Waals surface area contributed by atoms with E-state index in [0.717, 1.165) is 0 Å². The van der Waals surface area contributed by atoms with Crippen LogP contribution in [0.15, 0.2) is 24.3 Å². The summed E-state index contributed by atoms with van der Waals surface area (Å²) in [5.74, 6) is -1.24. The minimum Gasteiger partial charge on any atom is -0.288 e. The van der Waals surface area contributed by atoms with E-state index in [0.29, 0.717) is 5.69 Å².